The fraction of sp³-hybridized carbons (Fsp3) is 0.583. The second-order valence-corrected chi connectivity index (χ2v) is 3.72. The summed E-state index contributed by atoms with van der Waals surface area (Å²) >= 11 is 0. The molecule has 0 unspecified atom stereocenters. The van der Waals surface area contributed by atoms with Crippen molar-refractivity contribution in [1.29, 1.82) is 0 Å². The van der Waals surface area contributed by atoms with Crippen LogP contribution in [-0.2, 0) is 6.54 Å². The standard InChI is InChI=1S/C12H21N3/c1-4-10-15-12(7-9-14-15)11(2)6-5-8-13-3/h6-7,9,13H,4-5,8,10H2,1-3H3. The van der Waals surface area contributed by atoms with Crippen LogP contribution in [0.25, 0.3) is 5.57 Å². The van der Waals surface area contributed by atoms with Gasteiger partial charge in [0.25, 0.3) is 0 Å². The average molecular weight is 207 g/mol. The number of nitrogens with one attached hydrogen (secondary N) is 1. The van der Waals surface area contributed by atoms with Gasteiger partial charge in [-0.25, -0.2) is 0 Å². The van der Waals surface area contributed by atoms with Crippen LogP contribution in [0.5, 0.6) is 0 Å². The first-order chi connectivity index (χ1) is 7.29. The maximum Gasteiger partial charge on any atom is 0.0635 e. The van der Waals surface area contributed by atoms with Gasteiger partial charge in [0.1, 0.15) is 0 Å². The number of rotatable bonds is 6. The molecule has 0 aliphatic carbocycles. The van der Waals surface area contributed by atoms with Crippen LogP contribution in [-0.4, -0.2) is 23.4 Å². The lowest BCUT2D eigenvalue weighted by Gasteiger charge is -2.06. The quantitative estimate of drug-likeness (QED) is 0.725. The van der Waals surface area contributed by atoms with E-state index in [9.17, 15) is 0 Å². The lowest BCUT2D eigenvalue weighted by atomic mass is 10.2. The second-order valence-electron chi connectivity index (χ2n) is 3.72. The van der Waals surface area contributed by atoms with E-state index >= 15 is 0 Å². The zero-order valence-corrected chi connectivity index (χ0v) is 9.95. The van der Waals surface area contributed by atoms with Gasteiger partial charge in [0.2, 0.25) is 0 Å². The Labute approximate surface area is 92.2 Å². The SMILES string of the molecule is CCCn1nccc1C(C)=CCCNC. The molecule has 1 N–H and O–H groups in total. The molecule has 0 bridgehead atoms. The smallest absolute Gasteiger partial charge is 0.0635 e. The van der Waals surface area contributed by atoms with Gasteiger partial charge in [-0.2, -0.15) is 5.10 Å². The molecular formula is C12H21N3. The first-order valence-electron chi connectivity index (χ1n) is 5.63. The van der Waals surface area contributed by atoms with E-state index in [0.717, 1.165) is 25.9 Å². The van der Waals surface area contributed by atoms with Crippen molar-refractivity contribution in [3.63, 3.8) is 0 Å². The van der Waals surface area contributed by atoms with Gasteiger partial charge in [0, 0.05) is 12.7 Å². The predicted molar refractivity (Wildman–Crippen MR) is 64.7 cm³/mol. The monoisotopic (exact) mass is 207 g/mol. The Hall–Kier alpha value is -1.09. The maximum atomic E-state index is 4.32. The fourth-order valence-electron chi connectivity index (χ4n) is 1.60. The van der Waals surface area contributed by atoms with Gasteiger partial charge in [-0.05, 0) is 45.0 Å². The highest BCUT2D eigenvalue weighted by atomic mass is 15.3. The topological polar surface area (TPSA) is 29.9 Å². The van der Waals surface area contributed by atoms with Crippen LogP contribution in [0, 0.1) is 0 Å². The highest BCUT2D eigenvalue weighted by Crippen LogP contribution is 2.13. The van der Waals surface area contributed by atoms with Crippen LogP contribution in [0.2, 0.25) is 0 Å². The second kappa shape index (κ2) is 6.40. The van der Waals surface area contributed by atoms with Gasteiger partial charge in [-0.15, -0.1) is 0 Å². The van der Waals surface area contributed by atoms with Crippen LogP contribution in [0.15, 0.2) is 18.3 Å². The highest BCUT2D eigenvalue weighted by molar-refractivity contribution is 5.60. The largest absolute Gasteiger partial charge is 0.319 e. The lowest BCUT2D eigenvalue weighted by molar-refractivity contribution is 0.596. The maximum absolute atomic E-state index is 4.32. The number of nitrogens with zero attached hydrogens (tertiary/aromatic N) is 2. The van der Waals surface area contributed by atoms with Crippen molar-refractivity contribution in [2.24, 2.45) is 0 Å². The third-order valence-corrected chi connectivity index (χ3v) is 2.40. The Balaban J connectivity index is 2.67. The molecule has 0 amide bonds. The molecule has 1 rings (SSSR count). The van der Waals surface area contributed by atoms with E-state index in [-0.39, 0.29) is 0 Å². The molecule has 3 nitrogen and oxygen atoms in total. The average Bonchev–Trinajstić information content (AvgIpc) is 2.67. The minimum atomic E-state index is 1.000. The zero-order valence-electron chi connectivity index (χ0n) is 9.95. The molecule has 0 radical (unpaired) electrons. The number of aromatic nitrogens is 2. The van der Waals surface area contributed by atoms with E-state index in [0.29, 0.717) is 0 Å². The summed E-state index contributed by atoms with van der Waals surface area (Å²) in [4.78, 5) is 0. The van der Waals surface area contributed by atoms with Crippen molar-refractivity contribution in [3.05, 3.63) is 24.0 Å². The first kappa shape index (κ1) is 12.0. The molecule has 3 heteroatoms. The van der Waals surface area contributed by atoms with Gasteiger partial charge >= 0.3 is 0 Å². The van der Waals surface area contributed by atoms with Gasteiger partial charge < -0.3 is 5.32 Å². The Bertz CT molecular complexity index is 312. The molecule has 0 atom stereocenters. The summed E-state index contributed by atoms with van der Waals surface area (Å²) < 4.78 is 2.07. The van der Waals surface area contributed by atoms with E-state index in [1.165, 1.54) is 11.3 Å². The minimum Gasteiger partial charge on any atom is -0.319 e. The van der Waals surface area contributed by atoms with Gasteiger partial charge in [-0.3, -0.25) is 4.68 Å². The molecule has 0 spiro atoms. The molecule has 0 fully saturated rings. The summed E-state index contributed by atoms with van der Waals surface area (Å²) in [6, 6.07) is 2.08. The Morgan fingerprint density at radius 2 is 2.40 bits per heavy atom. The fourth-order valence-corrected chi connectivity index (χ4v) is 1.60. The van der Waals surface area contributed by atoms with Crippen molar-refractivity contribution >= 4 is 5.57 Å². The minimum absolute atomic E-state index is 1.000. The van der Waals surface area contributed by atoms with E-state index in [1.807, 2.05) is 13.2 Å². The summed E-state index contributed by atoms with van der Waals surface area (Å²) in [5.74, 6) is 0. The molecule has 1 heterocycles. The van der Waals surface area contributed by atoms with Gasteiger partial charge in [0.05, 0.1) is 5.69 Å². The van der Waals surface area contributed by atoms with Gasteiger partial charge in [-0.1, -0.05) is 13.0 Å². The normalized spacial score (nSPS) is 12.1. The molecular weight excluding hydrogens is 186 g/mol. The third kappa shape index (κ3) is 3.51. The molecule has 0 aromatic carbocycles. The molecule has 1 aromatic heterocycles. The van der Waals surface area contributed by atoms with E-state index in [4.69, 9.17) is 0 Å². The molecule has 0 aliphatic rings. The summed E-state index contributed by atoms with van der Waals surface area (Å²) in [6.07, 6.45) is 6.33. The van der Waals surface area contributed by atoms with Crippen LogP contribution in [0.3, 0.4) is 0 Å². The number of hydrogen-bond donors (Lipinski definition) is 1. The summed E-state index contributed by atoms with van der Waals surface area (Å²) in [7, 11) is 1.98. The van der Waals surface area contributed by atoms with Gasteiger partial charge in [0.15, 0.2) is 0 Å². The van der Waals surface area contributed by atoms with Crippen LogP contribution in [0.1, 0.15) is 32.4 Å². The number of allylic oxidation sites excluding steroid dienone is 1. The third-order valence-electron chi connectivity index (χ3n) is 2.40. The Morgan fingerprint density at radius 1 is 1.60 bits per heavy atom. The van der Waals surface area contributed by atoms with Crippen LogP contribution < -0.4 is 5.32 Å². The summed E-state index contributed by atoms with van der Waals surface area (Å²) in [6.45, 7) is 6.35. The first-order valence-corrected chi connectivity index (χ1v) is 5.63. The number of hydrogen-bond acceptors (Lipinski definition) is 2. The van der Waals surface area contributed by atoms with Crippen molar-refractivity contribution in [2.75, 3.05) is 13.6 Å². The lowest BCUT2D eigenvalue weighted by Crippen LogP contribution is -2.06. The van der Waals surface area contributed by atoms with E-state index < -0.39 is 0 Å². The highest BCUT2D eigenvalue weighted by Gasteiger charge is 2.02. The molecule has 0 aliphatic heterocycles. The predicted octanol–water partition coefficient (Wildman–Crippen LogP) is 2.31. The zero-order chi connectivity index (χ0) is 11.1. The van der Waals surface area contributed by atoms with Crippen molar-refractivity contribution in [1.82, 2.24) is 15.1 Å². The molecule has 1 aromatic rings. The Kier molecular flexibility index (Phi) is 5.12. The summed E-state index contributed by atoms with van der Waals surface area (Å²) in [5, 5.41) is 7.46. The van der Waals surface area contributed by atoms with E-state index in [2.05, 4.69) is 41.1 Å². The molecule has 0 saturated carbocycles. The van der Waals surface area contributed by atoms with Crippen LogP contribution in [0.4, 0.5) is 0 Å². The van der Waals surface area contributed by atoms with Crippen molar-refractivity contribution in [3.8, 4) is 0 Å². The molecule has 0 saturated heterocycles. The molecule has 84 valence electrons. The van der Waals surface area contributed by atoms with Crippen molar-refractivity contribution in [2.45, 2.75) is 33.2 Å². The van der Waals surface area contributed by atoms with Crippen LogP contribution >= 0.6 is 0 Å². The Morgan fingerprint density at radius 3 is 3.07 bits per heavy atom. The number of aryl methyl sites for hydroxylation is 1. The summed E-state index contributed by atoms with van der Waals surface area (Å²) in [5.41, 5.74) is 2.56. The van der Waals surface area contributed by atoms with E-state index in [1.54, 1.807) is 0 Å². The van der Waals surface area contributed by atoms with Crippen molar-refractivity contribution < 1.29 is 0 Å². The molecule has 15 heavy (non-hydrogen) atoms.